The molecule has 5 nitrogen and oxygen atoms in total. The fourth-order valence-corrected chi connectivity index (χ4v) is 2.70. The Hall–Kier alpha value is -1.71. The number of benzene rings is 1. The lowest BCUT2D eigenvalue weighted by atomic mass is 10.3. The van der Waals surface area contributed by atoms with Gasteiger partial charge in [-0.3, -0.25) is 0 Å². The molecule has 0 amide bonds. The normalized spacial score (nSPS) is 15.8. The Bertz CT molecular complexity index is 589. The number of hydrogen-bond donors (Lipinski definition) is 1. The van der Waals surface area contributed by atoms with Crippen molar-refractivity contribution < 1.29 is 17.9 Å². The maximum atomic E-state index is 12.0. The van der Waals surface area contributed by atoms with Gasteiger partial charge < -0.3 is 9.47 Å². The van der Waals surface area contributed by atoms with E-state index in [0.29, 0.717) is 24.7 Å². The average Bonchev–Trinajstić information content (AvgIpc) is 2.37. The second-order valence-electron chi connectivity index (χ2n) is 3.82. The van der Waals surface area contributed by atoms with Gasteiger partial charge in [0.15, 0.2) is 11.5 Å². The molecular formula is C12H13NO4S. The molecule has 96 valence electrons. The Balaban J connectivity index is 2.31. The van der Waals surface area contributed by atoms with E-state index in [1.54, 1.807) is 13.0 Å². The number of terminal acetylenes is 1. The lowest BCUT2D eigenvalue weighted by molar-refractivity contribution is 0.171. The highest BCUT2D eigenvalue weighted by Crippen LogP contribution is 2.32. The van der Waals surface area contributed by atoms with Crippen LogP contribution in [0.4, 0.5) is 0 Å². The van der Waals surface area contributed by atoms with Gasteiger partial charge in [-0.25, -0.2) is 8.42 Å². The van der Waals surface area contributed by atoms with E-state index in [4.69, 9.17) is 15.9 Å². The highest BCUT2D eigenvalue weighted by atomic mass is 32.2. The van der Waals surface area contributed by atoms with Crippen molar-refractivity contribution in [2.75, 3.05) is 13.2 Å². The number of hydrogen-bond acceptors (Lipinski definition) is 4. The Morgan fingerprint density at radius 1 is 1.33 bits per heavy atom. The zero-order chi connectivity index (χ0) is 13.2. The molecule has 1 atom stereocenters. The van der Waals surface area contributed by atoms with Gasteiger partial charge in [0.05, 0.1) is 10.9 Å². The number of sulfonamides is 1. The monoisotopic (exact) mass is 267 g/mol. The molecule has 18 heavy (non-hydrogen) atoms. The second-order valence-corrected chi connectivity index (χ2v) is 5.53. The van der Waals surface area contributed by atoms with Crippen molar-refractivity contribution in [2.45, 2.75) is 17.9 Å². The summed E-state index contributed by atoms with van der Waals surface area (Å²) < 4.78 is 37.0. The third kappa shape index (κ3) is 2.58. The van der Waals surface area contributed by atoms with E-state index < -0.39 is 16.1 Å². The van der Waals surface area contributed by atoms with Gasteiger partial charge in [-0.2, -0.15) is 4.72 Å². The third-order valence-corrected chi connectivity index (χ3v) is 3.94. The van der Waals surface area contributed by atoms with Gasteiger partial charge in [-0.1, -0.05) is 5.92 Å². The minimum Gasteiger partial charge on any atom is -0.486 e. The quantitative estimate of drug-likeness (QED) is 0.821. The average molecular weight is 267 g/mol. The summed E-state index contributed by atoms with van der Waals surface area (Å²) >= 11 is 0. The second kappa shape index (κ2) is 4.88. The maximum Gasteiger partial charge on any atom is 0.241 e. The summed E-state index contributed by atoms with van der Waals surface area (Å²) in [6.45, 7) is 2.46. The van der Waals surface area contributed by atoms with Gasteiger partial charge in [-0.05, 0) is 19.1 Å². The molecule has 0 bridgehead atoms. The van der Waals surface area contributed by atoms with E-state index in [9.17, 15) is 8.42 Å². The highest BCUT2D eigenvalue weighted by Gasteiger charge is 2.20. The predicted molar refractivity (Wildman–Crippen MR) is 66.0 cm³/mol. The van der Waals surface area contributed by atoms with Gasteiger partial charge >= 0.3 is 0 Å². The number of nitrogens with one attached hydrogen (secondary N) is 1. The Morgan fingerprint density at radius 2 is 2.00 bits per heavy atom. The van der Waals surface area contributed by atoms with Crippen molar-refractivity contribution in [2.24, 2.45) is 0 Å². The Labute approximate surface area is 106 Å². The van der Waals surface area contributed by atoms with E-state index >= 15 is 0 Å². The summed E-state index contributed by atoms with van der Waals surface area (Å²) in [4.78, 5) is 0.105. The van der Waals surface area contributed by atoms with Gasteiger partial charge in [0.25, 0.3) is 0 Å². The van der Waals surface area contributed by atoms with Crippen molar-refractivity contribution in [3.05, 3.63) is 18.2 Å². The molecular weight excluding hydrogens is 254 g/mol. The largest absolute Gasteiger partial charge is 0.486 e. The van der Waals surface area contributed by atoms with Crippen molar-refractivity contribution in [3.8, 4) is 23.8 Å². The molecule has 0 radical (unpaired) electrons. The molecule has 1 aromatic carbocycles. The SMILES string of the molecule is C#CC(C)NS(=O)(=O)c1ccc2c(c1)OCCO2. The van der Waals surface area contributed by atoms with Crippen LogP contribution in [0.3, 0.4) is 0 Å². The minimum absolute atomic E-state index is 0.105. The Kier molecular flexibility index (Phi) is 3.45. The molecule has 1 aliphatic heterocycles. The summed E-state index contributed by atoms with van der Waals surface area (Å²) in [5.41, 5.74) is 0. The topological polar surface area (TPSA) is 64.6 Å². The van der Waals surface area contributed by atoms with Gasteiger partial charge in [0, 0.05) is 6.07 Å². The first-order valence-electron chi connectivity index (χ1n) is 5.41. The summed E-state index contributed by atoms with van der Waals surface area (Å²) in [6, 6.07) is 3.89. The predicted octanol–water partition coefficient (Wildman–Crippen LogP) is 0.758. The zero-order valence-corrected chi connectivity index (χ0v) is 10.7. The van der Waals surface area contributed by atoms with Crippen molar-refractivity contribution >= 4 is 10.0 Å². The summed E-state index contributed by atoms with van der Waals surface area (Å²) in [5, 5.41) is 0. The van der Waals surface area contributed by atoms with Crippen LogP contribution in [0.25, 0.3) is 0 Å². The van der Waals surface area contributed by atoms with Crippen LogP contribution in [0.15, 0.2) is 23.1 Å². The van der Waals surface area contributed by atoms with Crippen LogP contribution in [0.2, 0.25) is 0 Å². The van der Waals surface area contributed by atoms with Crippen molar-refractivity contribution in [1.82, 2.24) is 4.72 Å². The molecule has 0 aromatic heterocycles. The van der Waals surface area contributed by atoms with Crippen LogP contribution in [0, 0.1) is 12.3 Å². The van der Waals surface area contributed by atoms with Gasteiger partial charge in [0.1, 0.15) is 13.2 Å². The van der Waals surface area contributed by atoms with E-state index in [2.05, 4.69) is 10.6 Å². The molecule has 2 rings (SSSR count). The van der Waals surface area contributed by atoms with Crippen molar-refractivity contribution in [1.29, 1.82) is 0 Å². The van der Waals surface area contributed by atoms with E-state index in [1.807, 2.05) is 0 Å². The molecule has 1 unspecified atom stereocenters. The van der Waals surface area contributed by atoms with Gasteiger partial charge in [0.2, 0.25) is 10.0 Å². The molecule has 1 heterocycles. The van der Waals surface area contributed by atoms with Crippen LogP contribution < -0.4 is 14.2 Å². The molecule has 0 spiro atoms. The van der Waals surface area contributed by atoms with E-state index in [1.165, 1.54) is 12.1 Å². The van der Waals surface area contributed by atoms with E-state index in [-0.39, 0.29) is 4.90 Å². The van der Waals surface area contributed by atoms with Gasteiger partial charge in [-0.15, -0.1) is 6.42 Å². The lowest BCUT2D eigenvalue weighted by Crippen LogP contribution is -2.31. The van der Waals surface area contributed by atoms with E-state index in [0.717, 1.165) is 0 Å². The fraction of sp³-hybridized carbons (Fsp3) is 0.333. The number of ether oxygens (including phenoxy) is 2. The molecule has 0 fully saturated rings. The lowest BCUT2D eigenvalue weighted by Gasteiger charge is -2.19. The van der Waals surface area contributed by atoms with Crippen molar-refractivity contribution in [3.63, 3.8) is 0 Å². The molecule has 1 aromatic rings. The standard InChI is InChI=1S/C12H13NO4S/c1-3-9(2)13-18(14,15)10-4-5-11-12(8-10)17-7-6-16-11/h1,4-5,8-9,13H,6-7H2,2H3. The summed E-state index contributed by atoms with van der Waals surface area (Å²) in [5.74, 6) is 3.28. The molecule has 6 heteroatoms. The molecule has 1 N–H and O–H groups in total. The summed E-state index contributed by atoms with van der Waals surface area (Å²) in [7, 11) is -3.63. The first-order valence-corrected chi connectivity index (χ1v) is 6.89. The minimum atomic E-state index is -3.63. The summed E-state index contributed by atoms with van der Waals surface area (Å²) in [6.07, 6.45) is 5.15. The molecule has 0 saturated heterocycles. The highest BCUT2D eigenvalue weighted by molar-refractivity contribution is 7.89. The number of rotatable bonds is 3. The number of fused-ring (bicyclic) bond motifs is 1. The first-order chi connectivity index (χ1) is 8.53. The zero-order valence-electron chi connectivity index (χ0n) is 9.84. The Morgan fingerprint density at radius 3 is 2.67 bits per heavy atom. The van der Waals surface area contributed by atoms with Crippen LogP contribution in [0.1, 0.15) is 6.92 Å². The van der Waals surface area contributed by atoms with Crippen LogP contribution in [-0.4, -0.2) is 27.7 Å². The maximum absolute atomic E-state index is 12.0. The van der Waals surface area contributed by atoms with Crippen LogP contribution in [-0.2, 0) is 10.0 Å². The molecule has 0 saturated carbocycles. The third-order valence-electron chi connectivity index (χ3n) is 2.41. The fourth-order valence-electron chi connectivity index (χ4n) is 1.53. The molecule has 1 aliphatic rings. The smallest absolute Gasteiger partial charge is 0.241 e. The van der Waals surface area contributed by atoms with Crippen LogP contribution in [0.5, 0.6) is 11.5 Å². The van der Waals surface area contributed by atoms with Crippen LogP contribution >= 0.6 is 0 Å². The molecule has 0 aliphatic carbocycles. The first kappa shape index (κ1) is 12.7.